The highest BCUT2D eigenvalue weighted by Crippen LogP contribution is 2.27. The van der Waals surface area contributed by atoms with Gasteiger partial charge in [-0.3, -0.25) is 9.59 Å². The van der Waals surface area contributed by atoms with Crippen molar-refractivity contribution < 1.29 is 33.3 Å². The van der Waals surface area contributed by atoms with Gasteiger partial charge in [0.2, 0.25) is 0 Å². The zero-order valence-corrected chi connectivity index (χ0v) is 15.6. The second kappa shape index (κ2) is 10.6. The molecule has 148 valence electrons. The summed E-state index contributed by atoms with van der Waals surface area (Å²) >= 11 is 0. The van der Waals surface area contributed by atoms with Gasteiger partial charge in [-0.25, -0.2) is 4.79 Å². The molecule has 8 nitrogen and oxygen atoms in total. The van der Waals surface area contributed by atoms with E-state index in [4.69, 9.17) is 18.9 Å². The van der Waals surface area contributed by atoms with E-state index in [1.54, 1.807) is 24.3 Å². The largest absolute Gasteiger partial charge is 0.494 e. The fourth-order valence-corrected chi connectivity index (χ4v) is 2.20. The fourth-order valence-electron chi connectivity index (χ4n) is 2.20. The summed E-state index contributed by atoms with van der Waals surface area (Å²) in [6.07, 6.45) is 0.670. The van der Waals surface area contributed by atoms with E-state index < -0.39 is 25.1 Å². The predicted octanol–water partition coefficient (Wildman–Crippen LogP) is 2.47. The molecular weight excluding hydrogens is 366 g/mol. The lowest BCUT2D eigenvalue weighted by atomic mass is 10.2. The van der Waals surface area contributed by atoms with Gasteiger partial charge in [0, 0.05) is 11.3 Å². The number of amides is 1. The fraction of sp³-hybridized carbons (Fsp3) is 0.250. The molecule has 0 bridgehead atoms. The van der Waals surface area contributed by atoms with E-state index in [2.05, 4.69) is 5.32 Å². The highest BCUT2D eigenvalue weighted by Gasteiger charge is 2.11. The first-order valence-corrected chi connectivity index (χ1v) is 8.50. The molecule has 2 rings (SSSR count). The maximum atomic E-state index is 11.9. The van der Waals surface area contributed by atoms with Crippen molar-refractivity contribution in [3.05, 3.63) is 48.0 Å². The van der Waals surface area contributed by atoms with Crippen LogP contribution in [0, 0.1) is 0 Å². The van der Waals surface area contributed by atoms with Gasteiger partial charge in [-0.1, -0.05) is 0 Å². The summed E-state index contributed by atoms with van der Waals surface area (Å²) in [6, 6.07) is 11.3. The number of anilines is 1. The molecular formula is C20H21NO7. The lowest BCUT2D eigenvalue weighted by molar-refractivity contribution is -0.149. The van der Waals surface area contributed by atoms with Crippen LogP contribution in [-0.4, -0.2) is 45.1 Å². The van der Waals surface area contributed by atoms with Crippen molar-refractivity contribution in [3.8, 4) is 17.2 Å². The molecule has 0 aliphatic carbocycles. The molecule has 0 fully saturated rings. The van der Waals surface area contributed by atoms with Crippen LogP contribution in [0.25, 0.3) is 0 Å². The van der Waals surface area contributed by atoms with Gasteiger partial charge >= 0.3 is 5.97 Å². The number of hydrogen-bond donors (Lipinski definition) is 1. The smallest absolute Gasteiger partial charge is 0.344 e. The Morgan fingerprint density at radius 3 is 2.39 bits per heavy atom. The van der Waals surface area contributed by atoms with Crippen molar-refractivity contribution in [3.63, 3.8) is 0 Å². The summed E-state index contributed by atoms with van der Waals surface area (Å²) in [5, 5.41) is 2.61. The van der Waals surface area contributed by atoms with Crippen LogP contribution in [0.5, 0.6) is 17.2 Å². The first kappa shape index (κ1) is 20.8. The summed E-state index contributed by atoms with van der Waals surface area (Å²) in [5.41, 5.74) is 0.971. The molecule has 1 N–H and O–H groups in total. The van der Waals surface area contributed by atoms with Gasteiger partial charge in [0.15, 0.2) is 24.7 Å². The second-order valence-electron chi connectivity index (χ2n) is 5.48. The van der Waals surface area contributed by atoms with Crippen molar-refractivity contribution in [1.82, 2.24) is 0 Å². The Balaban J connectivity index is 1.77. The van der Waals surface area contributed by atoms with Gasteiger partial charge < -0.3 is 24.3 Å². The van der Waals surface area contributed by atoms with Gasteiger partial charge in [-0.2, -0.15) is 0 Å². The van der Waals surface area contributed by atoms with E-state index >= 15 is 0 Å². The summed E-state index contributed by atoms with van der Waals surface area (Å²) in [4.78, 5) is 34.4. The summed E-state index contributed by atoms with van der Waals surface area (Å²) in [6.45, 7) is 1.57. The molecule has 0 saturated heterocycles. The average molecular weight is 387 g/mol. The highest BCUT2D eigenvalue weighted by atomic mass is 16.6. The summed E-state index contributed by atoms with van der Waals surface area (Å²) < 4.78 is 20.6. The molecule has 8 heteroatoms. The van der Waals surface area contributed by atoms with Crippen molar-refractivity contribution in [2.45, 2.75) is 6.92 Å². The Morgan fingerprint density at radius 1 is 1.00 bits per heavy atom. The van der Waals surface area contributed by atoms with Crippen LogP contribution in [-0.2, 0) is 14.3 Å². The van der Waals surface area contributed by atoms with Crippen LogP contribution in [0.3, 0.4) is 0 Å². The maximum Gasteiger partial charge on any atom is 0.344 e. The highest BCUT2D eigenvalue weighted by molar-refractivity contribution is 5.92. The number of nitrogens with one attached hydrogen (secondary N) is 1. The zero-order valence-electron chi connectivity index (χ0n) is 15.6. The minimum absolute atomic E-state index is 0.281. The SMILES string of the molecule is CCOc1ccc(NC(=O)COC(=O)COc2ccc(C=O)cc2OC)cc1. The Labute approximate surface area is 162 Å². The minimum Gasteiger partial charge on any atom is -0.494 e. The summed E-state index contributed by atoms with van der Waals surface area (Å²) in [5.74, 6) is 0.0870. The molecule has 0 aliphatic rings. The molecule has 2 aromatic rings. The van der Waals surface area contributed by atoms with Crippen LogP contribution in [0.1, 0.15) is 17.3 Å². The number of rotatable bonds is 10. The van der Waals surface area contributed by atoms with E-state index in [0.717, 1.165) is 0 Å². The molecule has 0 saturated carbocycles. The quantitative estimate of drug-likeness (QED) is 0.494. The molecule has 2 aromatic carbocycles. The van der Waals surface area contributed by atoms with E-state index in [0.29, 0.717) is 35.6 Å². The third-order valence-corrected chi connectivity index (χ3v) is 3.48. The Kier molecular flexibility index (Phi) is 7.83. The van der Waals surface area contributed by atoms with E-state index in [1.165, 1.54) is 25.3 Å². The number of methoxy groups -OCH3 is 1. The zero-order chi connectivity index (χ0) is 20.4. The molecule has 0 atom stereocenters. The molecule has 0 unspecified atom stereocenters. The molecule has 1 amide bonds. The van der Waals surface area contributed by atoms with E-state index in [-0.39, 0.29) is 5.75 Å². The molecule has 28 heavy (non-hydrogen) atoms. The topological polar surface area (TPSA) is 100 Å². The van der Waals surface area contributed by atoms with Crippen molar-refractivity contribution >= 4 is 23.9 Å². The lowest BCUT2D eigenvalue weighted by Gasteiger charge is -2.11. The predicted molar refractivity (Wildman–Crippen MR) is 101 cm³/mol. The molecule has 0 heterocycles. The number of benzene rings is 2. The maximum absolute atomic E-state index is 11.9. The van der Waals surface area contributed by atoms with Gasteiger partial charge in [0.25, 0.3) is 5.91 Å². The van der Waals surface area contributed by atoms with Gasteiger partial charge in [-0.05, 0) is 49.4 Å². The summed E-state index contributed by atoms with van der Waals surface area (Å²) in [7, 11) is 1.42. The number of hydrogen-bond acceptors (Lipinski definition) is 7. The second-order valence-corrected chi connectivity index (χ2v) is 5.48. The van der Waals surface area contributed by atoms with Crippen LogP contribution in [0.4, 0.5) is 5.69 Å². The third kappa shape index (κ3) is 6.31. The van der Waals surface area contributed by atoms with Crippen LogP contribution < -0.4 is 19.5 Å². The van der Waals surface area contributed by atoms with E-state index in [9.17, 15) is 14.4 Å². The van der Waals surface area contributed by atoms with Crippen molar-refractivity contribution in [1.29, 1.82) is 0 Å². The molecule has 0 spiro atoms. The third-order valence-electron chi connectivity index (χ3n) is 3.48. The standard InChI is InChI=1S/C20H21NO7/c1-3-26-16-7-5-15(6-8-16)21-19(23)12-28-20(24)13-27-17-9-4-14(11-22)10-18(17)25-2/h4-11H,3,12-13H2,1-2H3,(H,21,23). The van der Waals surface area contributed by atoms with Crippen molar-refractivity contribution in [2.24, 2.45) is 0 Å². The van der Waals surface area contributed by atoms with Crippen LogP contribution >= 0.6 is 0 Å². The number of esters is 1. The van der Waals surface area contributed by atoms with Crippen LogP contribution in [0.2, 0.25) is 0 Å². The lowest BCUT2D eigenvalue weighted by Crippen LogP contribution is -2.23. The average Bonchev–Trinajstić information content (AvgIpc) is 2.72. The minimum atomic E-state index is -0.719. The monoisotopic (exact) mass is 387 g/mol. The Bertz CT molecular complexity index is 818. The number of carbonyl (C=O) groups excluding carboxylic acids is 3. The van der Waals surface area contributed by atoms with Gasteiger partial charge in [0.1, 0.15) is 12.0 Å². The Morgan fingerprint density at radius 2 is 1.75 bits per heavy atom. The number of carbonyl (C=O) groups is 3. The van der Waals surface area contributed by atoms with Gasteiger partial charge in [0.05, 0.1) is 13.7 Å². The first-order chi connectivity index (χ1) is 13.5. The van der Waals surface area contributed by atoms with Crippen LogP contribution in [0.15, 0.2) is 42.5 Å². The molecule has 0 aliphatic heterocycles. The van der Waals surface area contributed by atoms with Crippen molar-refractivity contribution in [2.75, 3.05) is 32.2 Å². The first-order valence-electron chi connectivity index (χ1n) is 8.50. The Hall–Kier alpha value is -3.55. The number of ether oxygens (including phenoxy) is 4. The number of aldehydes is 1. The normalized spacial score (nSPS) is 9.93. The molecule has 0 aromatic heterocycles. The molecule has 0 radical (unpaired) electrons. The van der Waals surface area contributed by atoms with E-state index in [1.807, 2.05) is 6.92 Å². The van der Waals surface area contributed by atoms with Gasteiger partial charge in [-0.15, -0.1) is 0 Å².